The number of halogens is 1. The first-order valence-electron chi connectivity index (χ1n) is 6.95. The van der Waals surface area contributed by atoms with Gasteiger partial charge in [0.2, 0.25) is 0 Å². The molecule has 0 unspecified atom stereocenters. The number of nitro groups is 1. The number of hydrogen-bond donors (Lipinski definition) is 1. The topological polar surface area (TPSA) is 66.6 Å². The van der Waals surface area contributed by atoms with Crippen LogP contribution >= 0.6 is 11.6 Å². The molecule has 1 N–H and O–H groups in total. The van der Waals surface area contributed by atoms with E-state index >= 15 is 0 Å². The zero-order valence-corrected chi connectivity index (χ0v) is 12.1. The number of para-hydroxylation sites is 1. The van der Waals surface area contributed by atoms with Gasteiger partial charge in [0, 0.05) is 18.7 Å². The van der Waals surface area contributed by atoms with Crippen LogP contribution in [-0.4, -0.2) is 29.2 Å². The summed E-state index contributed by atoms with van der Waals surface area (Å²) in [6.07, 6.45) is 5.41. The molecule has 0 saturated heterocycles. The lowest BCUT2D eigenvalue weighted by Gasteiger charge is -2.35. The summed E-state index contributed by atoms with van der Waals surface area (Å²) >= 11 is 6.20. The molecule has 110 valence electrons. The number of benzene rings is 1. The lowest BCUT2D eigenvalue weighted by Crippen LogP contribution is -2.39. The van der Waals surface area contributed by atoms with Gasteiger partial charge in [-0.2, -0.15) is 0 Å². The molecule has 2 rings (SSSR count). The molecule has 0 aromatic heterocycles. The van der Waals surface area contributed by atoms with E-state index in [4.69, 9.17) is 11.6 Å². The zero-order chi connectivity index (χ0) is 14.5. The summed E-state index contributed by atoms with van der Waals surface area (Å²) in [6, 6.07) is 4.93. The van der Waals surface area contributed by atoms with Crippen LogP contribution in [0, 0.1) is 10.1 Å². The number of nitrogens with zero attached hydrogens (tertiary/aromatic N) is 2. The summed E-state index contributed by atoms with van der Waals surface area (Å²) in [7, 11) is 0. The second kappa shape index (κ2) is 6.90. The molecular formula is C14H19ClN2O3. The Balaban J connectivity index is 2.39. The van der Waals surface area contributed by atoms with Gasteiger partial charge < -0.3 is 10.0 Å². The van der Waals surface area contributed by atoms with Crippen LogP contribution in [0.1, 0.15) is 32.1 Å². The number of aliphatic hydroxyl groups excluding tert-OH is 1. The summed E-state index contributed by atoms with van der Waals surface area (Å²) in [5.74, 6) is 0. The first kappa shape index (κ1) is 15.1. The van der Waals surface area contributed by atoms with Crippen molar-refractivity contribution in [1.82, 2.24) is 0 Å². The maximum Gasteiger partial charge on any atom is 0.294 e. The fourth-order valence-corrected chi connectivity index (χ4v) is 3.19. The van der Waals surface area contributed by atoms with Crippen LogP contribution in [0.15, 0.2) is 18.2 Å². The van der Waals surface area contributed by atoms with Crippen LogP contribution in [-0.2, 0) is 0 Å². The predicted octanol–water partition coefficient (Wildman–Crippen LogP) is 3.38. The smallest absolute Gasteiger partial charge is 0.294 e. The van der Waals surface area contributed by atoms with E-state index in [2.05, 4.69) is 0 Å². The molecule has 0 spiro atoms. The Labute approximate surface area is 123 Å². The molecule has 1 aliphatic carbocycles. The first-order chi connectivity index (χ1) is 9.65. The van der Waals surface area contributed by atoms with Gasteiger partial charge in [0.1, 0.15) is 5.69 Å². The molecule has 0 aliphatic heterocycles. The van der Waals surface area contributed by atoms with Gasteiger partial charge in [0.05, 0.1) is 16.6 Å². The van der Waals surface area contributed by atoms with Crippen LogP contribution in [0.3, 0.4) is 0 Å². The molecule has 0 amide bonds. The van der Waals surface area contributed by atoms with E-state index in [1.807, 2.05) is 4.90 Å². The molecule has 5 nitrogen and oxygen atoms in total. The Hall–Kier alpha value is -1.33. The molecule has 0 heterocycles. The largest absolute Gasteiger partial charge is 0.395 e. The van der Waals surface area contributed by atoms with Gasteiger partial charge in [-0.3, -0.25) is 10.1 Å². The molecule has 6 heteroatoms. The second-order valence-electron chi connectivity index (χ2n) is 5.07. The van der Waals surface area contributed by atoms with Gasteiger partial charge in [-0.15, -0.1) is 0 Å². The van der Waals surface area contributed by atoms with Crippen LogP contribution in [0.5, 0.6) is 0 Å². The molecule has 1 fully saturated rings. The lowest BCUT2D eigenvalue weighted by molar-refractivity contribution is -0.384. The number of hydrogen-bond acceptors (Lipinski definition) is 4. The number of rotatable bonds is 5. The normalized spacial score (nSPS) is 16.1. The van der Waals surface area contributed by atoms with E-state index in [1.165, 1.54) is 12.5 Å². The van der Waals surface area contributed by atoms with Crippen molar-refractivity contribution in [2.24, 2.45) is 0 Å². The van der Waals surface area contributed by atoms with Crippen molar-refractivity contribution in [2.75, 3.05) is 18.1 Å². The summed E-state index contributed by atoms with van der Waals surface area (Å²) in [4.78, 5) is 12.7. The maximum absolute atomic E-state index is 11.2. The van der Waals surface area contributed by atoms with E-state index in [0.29, 0.717) is 17.3 Å². The monoisotopic (exact) mass is 298 g/mol. The SMILES string of the molecule is O=[N+]([O-])c1cccc(Cl)c1N(CCO)C1CCCCC1. The molecule has 0 atom stereocenters. The number of aliphatic hydroxyl groups is 1. The Morgan fingerprint density at radius 3 is 2.65 bits per heavy atom. The third kappa shape index (κ3) is 3.22. The molecule has 1 aromatic carbocycles. The molecule has 1 aliphatic rings. The maximum atomic E-state index is 11.2. The summed E-state index contributed by atoms with van der Waals surface area (Å²) in [5, 5.41) is 20.9. The standard InChI is InChI=1S/C14H19ClN2O3/c15-12-7-4-8-13(17(19)20)14(12)16(9-10-18)11-5-2-1-3-6-11/h4,7-8,11,18H,1-3,5-6,9-10H2. The van der Waals surface area contributed by atoms with Crippen molar-refractivity contribution in [3.8, 4) is 0 Å². The molecule has 20 heavy (non-hydrogen) atoms. The fraction of sp³-hybridized carbons (Fsp3) is 0.571. The molecule has 0 radical (unpaired) electrons. The van der Waals surface area contributed by atoms with Gasteiger partial charge in [-0.05, 0) is 18.9 Å². The minimum atomic E-state index is -0.408. The van der Waals surface area contributed by atoms with Crippen molar-refractivity contribution >= 4 is 23.0 Å². The van der Waals surface area contributed by atoms with Crippen LogP contribution in [0.2, 0.25) is 5.02 Å². The van der Waals surface area contributed by atoms with Crippen LogP contribution in [0.25, 0.3) is 0 Å². The average molecular weight is 299 g/mol. The molecule has 1 saturated carbocycles. The van der Waals surface area contributed by atoms with Crippen molar-refractivity contribution in [1.29, 1.82) is 0 Å². The molecular weight excluding hydrogens is 280 g/mol. The lowest BCUT2D eigenvalue weighted by atomic mass is 9.93. The minimum Gasteiger partial charge on any atom is -0.395 e. The van der Waals surface area contributed by atoms with E-state index in [1.54, 1.807) is 12.1 Å². The Bertz CT molecular complexity index is 475. The van der Waals surface area contributed by atoms with Gasteiger partial charge in [-0.25, -0.2) is 0 Å². The number of nitro benzene ring substituents is 1. The Morgan fingerprint density at radius 1 is 1.35 bits per heavy atom. The Morgan fingerprint density at radius 2 is 2.05 bits per heavy atom. The zero-order valence-electron chi connectivity index (χ0n) is 11.3. The van der Waals surface area contributed by atoms with Crippen molar-refractivity contribution in [3.63, 3.8) is 0 Å². The summed E-state index contributed by atoms with van der Waals surface area (Å²) < 4.78 is 0. The van der Waals surface area contributed by atoms with Gasteiger partial charge in [0.25, 0.3) is 5.69 Å². The quantitative estimate of drug-likeness (QED) is 0.668. The molecule has 0 bridgehead atoms. The van der Waals surface area contributed by atoms with Crippen molar-refractivity contribution in [2.45, 2.75) is 38.1 Å². The third-order valence-corrected chi connectivity index (χ3v) is 4.11. The summed E-state index contributed by atoms with van der Waals surface area (Å²) in [5.41, 5.74) is 0.455. The predicted molar refractivity (Wildman–Crippen MR) is 79.4 cm³/mol. The highest BCUT2D eigenvalue weighted by atomic mass is 35.5. The van der Waals surface area contributed by atoms with E-state index in [-0.39, 0.29) is 18.3 Å². The van der Waals surface area contributed by atoms with E-state index in [0.717, 1.165) is 25.7 Å². The van der Waals surface area contributed by atoms with Crippen LogP contribution in [0.4, 0.5) is 11.4 Å². The number of anilines is 1. The first-order valence-corrected chi connectivity index (χ1v) is 7.33. The van der Waals surface area contributed by atoms with Crippen molar-refractivity contribution < 1.29 is 10.0 Å². The van der Waals surface area contributed by atoms with E-state index < -0.39 is 4.92 Å². The minimum absolute atomic E-state index is 0.0107. The highest BCUT2D eigenvalue weighted by molar-refractivity contribution is 6.33. The Kier molecular flexibility index (Phi) is 5.20. The van der Waals surface area contributed by atoms with Gasteiger partial charge >= 0.3 is 0 Å². The van der Waals surface area contributed by atoms with E-state index in [9.17, 15) is 15.2 Å². The average Bonchev–Trinajstić information content (AvgIpc) is 2.46. The fourth-order valence-electron chi connectivity index (χ4n) is 2.91. The van der Waals surface area contributed by atoms with Crippen molar-refractivity contribution in [3.05, 3.63) is 33.3 Å². The third-order valence-electron chi connectivity index (χ3n) is 3.81. The second-order valence-corrected chi connectivity index (χ2v) is 5.48. The molecule has 1 aromatic rings. The highest BCUT2D eigenvalue weighted by Crippen LogP contribution is 2.38. The summed E-state index contributed by atoms with van der Waals surface area (Å²) in [6.45, 7) is 0.327. The van der Waals surface area contributed by atoms with Gasteiger partial charge in [-0.1, -0.05) is 36.9 Å². The highest BCUT2D eigenvalue weighted by Gasteiger charge is 2.28. The van der Waals surface area contributed by atoms with Crippen LogP contribution < -0.4 is 4.90 Å². The van der Waals surface area contributed by atoms with Gasteiger partial charge in [0.15, 0.2) is 0 Å².